The van der Waals surface area contributed by atoms with Crippen molar-refractivity contribution >= 4 is 21.4 Å². The standard InChI is InChI=1S/C14H17N3O2S/c1-10(11-6-8-12(15)9-7-11)17-13-4-2-3-5-14(13)20(16,18)19/h2-10,17H,15H2,1H3,(H2,16,18,19). The molecule has 2 aromatic carbocycles. The molecule has 5 nitrogen and oxygen atoms in total. The Hall–Kier alpha value is -2.05. The zero-order chi connectivity index (χ0) is 14.8. The number of nitrogens with one attached hydrogen (secondary N) is 1. The van der Waals surface area contributed by atoms with Gasteiger partial charge in [-0.2, -0.15) is 0 Å². The van der Waals surface area contributed by atoms with Gasteiger partial charge in [0.15, 0.2) is 0 Å². The lowest BCUT2D eigenvalue weighted by Gasteiger charge is -2.18. The molecule has 6 heteroatoms. The topological polar surface area (TPSA) is 98.2 Å². The Morgan fingerprint density at radius 3 is 2.25 bits per heavy atom. The smallest absolute Gasteiger partial charge is 0.240 e. The molecule has 0 amide bonds. The van der Waals surface area contributed by atoms with E-state index in [1.807, 2.05) is 19.1 Å². The lowest BCUT2D eigenvalue weighted by Crippen LogP contribution is -2.16. The Morgan fingerprint density at radius 2 is 1.65 bits per heavy atom. The molecule has 0 saturated carbocycles. The van der Waals surface area contributed by atoms with Crippen molar-refractivity contribution < 1.29 is 8.42 Å². The largest absolute Gasteiger partial charge is 0.399 e. The number of rotatable bonds is 4. The van der Waals surface area contributed by atoms with E-state index >= 15 is 0 Å². The third kappa shape index (κ3) is 3.28. The number of nitrogen functional groups attached to an aromatic ring is 1. The van der Waals surface area contributed by atoms with Gasteiger partial charge in [0.05, 0.1) is 5.69 Å². The molecule has 2 aromatic rings. The van der Waals surface area contributed by atoms with Crippen molar-refractivity contribution in [3.05, 3.63) is 54.1 Å². The molecule has 2 rings (SSSR count). The minimum atomic E-state index is -3.75. The van der Waals surface area contributed by atoms with Crippen LogP contribution in [0.4, 0.5) is 11.4 Å². The van der Waals surface area contributed by atoms with E-state index in [2.05, 4.69) is 5.32 Å². The van der Waals surface area contributed by atoms with E-state index in [-0.39, 0.29) is 10.9 Å². The van der Waals surface area contributed by atoms with Crippen molar-refractivity contribution in [1.29, 1.82) is 0 Å². The molecule has 0 heterocycles. The fraction of sp³-hybridized carbons (Fsp3) is 0.143. The maximum Gasteiger partial charge on any atom is 0.240 e. The molecular formula is C14H17N3O2S. The van der Waals surface area contributed by atoms with E-state index in [4.69, 9.17) is 10.9 Å². The summed E-state index contributed by atoms with van der Waals surface area (Å²) in [5, 5.41) is 8.36. The number of anilines is 2. The molecular weight excluding hydrogens is 274 g/mol. The third-order valence-corrected chi connectivity index (χ3v) is 3.97. The summed E-state index contributed by atoms with van der Waals surface area (Å²) in [5.74, 6) is 0. The number of sulfonamides is 1. The fourth-order valence-electron chi connectivity index (χ4n) is 1.94. The van der Waals surface area contributed by atoms with Crippen molar-refractivity contribution in [3.8, 4) is 0 Å². The van der Waals surface area contributed by atoms with Gasteiger partial charge < -0.3 is 11.1 Å². The first-order valence-electron chi connectivity index (χ1n) is 6.12. The predicted octanol–water partition coefficient (Wildman–Crippen LogP) is 2.09. The van der Waals surface area contributed by atoms with Crippen LogP contribution in [-0.2, 0) is 10.0 Å². The average molecular weight is 291 g/mol. The van der Waals surface area contributed by atoms with Crippen molar-refractivity contribution in [1.82, 2.24) is 0 Å². The maximum absolute atomic E-state index is 11.5. The predicted molar refractivity (Wildman–Crippen MR) is 80.7 cm³/mol. The second-order valence-corrected chi connectivity index (χ2v) is 6.10. The van der Waals surface area contributed by atoms with E-state index in [1.54, 1.807) is 30.3 Å². The van der Waals surface area contributed by atoms with Crippen molar-refractivity contribution in [2.24, 2.45) is 5.14 Å². The highest BCUT2D eigenvalue weighted by Gasteiger charge is 2.15. The quantitative estimate of drug-likeness (QED) is 0.751. The first-order valence-corrected chi connectivity index (χ1v) is 7.66. The maximum atomic E-state index is 11.5. The van der Waals surface area contributed by atoms with Gasteiger partial charge in [-0.1, -0.05) is 24.3 Å². The highest BCUT2D eigenvalue weighted by molar-refractivity contribution is 7.89. The molecule has 0 radical (unpaired) electrons. The summed E-state index contributed by atoms with van der Waals surface area (Å²) in [6.45, 7) is 1.94. The molecule has 0 saturated heterocycles. The van der Waals surface area contributed by atoms with Gasteiger partial charge in [-0.15, -0.1) is 0 Å². The molecule has 0 aliphatic rings. The van der Waals surface area contributed by atoms with E-state index in [1.165, 1.54) is 6.07 Å². The Labute approximate surface area is 118 Å². The molecule has 0 spiro atoms. The minimum absolute atomic E-state index is 0.0708. The van der Waals surface area contributed by atoms with Crippen LogP contribution in [0.5, 0.6) is 0 Å². The van der Waals surface area contributed by atoms with Gasteiger partial charge in [0.25, 0.3) is 0 Å². The zero-order valence-corrected chi connectivity index (χ0v) is 11.9. The highest BCUT2D eigenvalue weighted by Crippen LogP contribution is 2.25. The number of hydrogen-bond acceptors (Lipinski definition) is 4. The summed E-state index contributed by atoms with van der Waals surface area (Å²) in [5.41, 5.74) is 7.82. The first-order chi connectivity index (χ1) is 9.38. The molecule has 1 atom stereocenters. The second kappa shape index (κ2) is 5.52. The summed E-state index contributed by atoms with van der Waals surface area (Å²) >= 11 is 0. The van der Waals surface area contributed by atoms with Crippen LogP contribution in [0.3, 0.4) is 0 Å². The number of hydrogen-bond donors (Lipinski definition) is 3. The van der Waals surface area contributed by atoms with Crippen LogP contribution in [0.15, 0.2) is 53.4 Å². The van der Waals surface area contributed by atoms with Crippen LogP contribution in [-0.4, -0.2) is 8.42 Å². The van der Waals surface area contributed by atoms with Gasteiger partial charge in [0.1, 0.15) is 4.90 Å². The van der Waals surface area contributed by atoms with E-state index < -0.39 is 10.0 Å². The molecule has 0 aliphatic carbocycles. The first kappa shape index (κ1) is 14.4. The van der Waals surface area contributed by atoms with Crippen LogP contribution in [0.1, 0.15) is 18.5 Å². The Kier molecular flexibility index (Phi) is 3.96. The molecule has 0 aliphatic heterocycles. The zero-order valence-electron chi connectivity index (χ0n) is 11.1. The van der Waals surface area contributed by atoms with Crippen LogP contribution in [0, 0.1) is 0 Å². The van der Waals surface area contributed by atoms with Gasteiger partial charge in [-0.05, 0) is 36.8 Å². The Bertz CT molecular complexity index is 697. The van der Waals surface area contributed by atoms with Crippen LogP contribution < -0.4 is 16.2 Å². The lowest BCUT2D eigenvalue weighted by molar-refractivity contribution is 0.598. The van der Waals surface area contributed by atoms with Crippen molar-refractivity contribution in [2.45, 2.75) is 17.9 Å². The fourth-order valence-corrected chi connectivity index (χ4v) is 2.64. The monoisotopic (exact) mass is 291 g/mol. The van der Waals surface area contributed by atoms with Gasteiger partial charge in [-0.25, -0.2) is 13.6 Å². The molecule has 20 heavy (non-hydrogen) atoms. The molecule has 5 N–H and O–H groups in total. The van der Waals surface area contributed by atoms with Crippen molar-refractivity contribution in [2.75, 3.05) is 11.1 Å². The van der Waals surface area contributed by atoms with Gasteiger partial charge in [0.2, 0.25) is 10.0 Å². The number of para-hydroxylation sites is 1. The summed E-state index contributed by atoms with van der Waals surface area (Å²) < 4.78 is 23.1. The van der Waals surface area contributed by atoms with Gasteiger partial charge in [0, 0.05) is 11.7 Å². The third-order valence-electron chi connectivity index (χ3n) is 3.00. The Morgan fingerprint density at radius 1 is 1.05 bits per heavy atom. The summed E-state index contributed by atoms with van der Waals surface area (Å²) in [4.78, 5) is 0.0855. The van der Waals surface area contributed by atoms with Crippen LogP contribution in [0.2, 0.25) is 0 Å². The molecule has 0 aromatic heterocycles. The lowest BCUT2D eigenvalue weighted by atomic mass is 10.1. The summed E-state index contributed by atoms with van der Waals surface area (Å²) in [7, 11) is -3.75. The van der Waals surface area contributed by atoms with Gasteiger partial charge in [-0.3, -0.25) is 0 Å². The normalized spacial score (nSPS) is 12.9. The van der Waals surface area contributed by atoms with Crippen LogP contribution >= 0.6 is 0 Å². The Balaban J connectivity index is 2.28. The SMILES string of the molecule is CC(Nc1ccccc1S(N)(=O)=O)c1ccc(N)cc1. The number of benzene rings is 2. The molecule has 0 bridgehead atoms. The molecule has 106 valence electrons. The van der Waals surface area contributed by atoms with E-state index in [0.717, 1.165) is 5.56 Å². The van der Waals surface area contributed by atoms with E-state index in [0.29, 0.717) is 11.4 Å². The molecule has 1 unspecified atom stereocenters. The van der Waals surface area contributed by atoms with Crippen LogP contribution in [0.25, 0.3) is 0 Å². The summed E-state index contributed by atoms with van der Waals surface area (Å²) in [6, 6.07) is 13.9. The van der Waals surface area contributed by atoms with Gasteiger partial charge >= 0.3 is 0 Å². The van der Waals surface area contributed by atoms with E-state index in [9.17, 15) is 8.42 Å². The summed E-state index contributed by atoms with van der Waals surface area (Å²) in [6.07, 6.45) is 0. The minimum Gasteiger partial charge on any atom is -0.399 e. The average Bonchev–Trinajstić information content (AvgIpc) is 2.38. The second-order valence-electron chi connectivity index (χ2n) is 4.57. The number of primary sulfonamides is 1. The number of nitrogens with two attached hydrogens (primary N) is 2. The highest BCUT2D eigenvalue weighted by atomic mass is 32.2. The molecule has 0 fully saturated rings. The van der Waals surface area contributed by atoms with Crippen molar-refractivity contribution in [3.63, 3.8) is 0 Å².